The molecule has 35 heavy (non-hydrogen) atoms. The minimum absolute atomic E-state index is 0.00842. The largest absolute Gasteiger partial charge is 0.339 e. The predicted octanol–water partition coefficient (Wildman–Crippen LogP) is 4.64. The molecule has 1 saturated heterocycles. The van der Waals surface area contributed by atoms with E-state index in [4.69, 9.17) is 23.2 Å². The van der Waals surface area contributed by atoms with Gasteiger partial charge in [0.15, 0.2) is 10.8 Å². The van der Waals surface area contributed by atoms with Crippen molar-refractivity contribution in [2.45, 2.75) is 55.0 Å². The fraction of sp³-hybridized carbons (Fsp3) is 0.565. The van der Waals surface area contributed by atoms with Crippen LogP contribution < -0.4 is 0 Å². The molecule has 0 unspecified atom stereocenters. The summed E-state index contributed by atoms with van der Waals surface area (Å²) in [5, 5.41) is 0.682. The Labute approximate surface area is 214 Å². The Morgan fingerprint density at radius 1 is 1.09 bits per heavy atom. The molecule has 0 N–H and O–H groups in total. The van der Waals surface area contributed by atoms with E-state index in [0.717, 1.165) is 0 Å². The number of alkyl halides is 2. The van der Waals surface area contributed by atoms with Gasteiger partial charge in [0.05, 0.1) is 11.3 Å². The van der Waals surface area contributed by atoms with Crippen molar-refractivity contribution in [2.75, 3.05) is 26.2 Å². The summed E-state index contributed by atoms with van der Waals surface area (Å²) in [6.07, 6.45) is 3.42. The van der Waals surface area contributed by atoms with Gasteiger partial charge in [-0.2, -0.15) is 4.31 Å². The highest BCUT2D eigenvalue weighted by atomic mass is 35.5. The third-order valence-electron chi connectivity index (χ3n) is 7.16. The third-order valence-corrected chi connectivity index (χ3v) is 9.49. The van der Waals surface area contributed by atoms with Crippen LogP contribution in [0.1, 0.15) is 48.9 Å². The molecule has 2 aliphatic rings. The van der Waals surface area contributed by atoms with Gasteiger partial charge in [0.25, 0.3) is 10.0 Å². The Morgan fingerprint density at radius 3 is 2.31 bits per heavy atom. The van der Waals surface area contributed by atoms with Crippen molar-refractivity contribution in [1.29, 1.82) is 0 Å². The van der Waals surface area contributed by atoms with E-state index >= 15 is 0 Å². The first kappa shape index (κ1) is 26.5. The van der Waals surface area contributed by atoms with E-state index in [0.29, 0.717) is 30.1 Å². The van der Waals surface area contributed by atoms with E-state index in [1.165, 1.54) is 22.9 Å². The van der Waals surface area contributed by atoms with Crippen LogP contribution in [0.25, 0.3) is 0 Å². The Kier molecular flexibility index (Phi) is 7.60. The van der Waals surface area contributed by atoms with Gasteiger partial charge in [0, 0.05) is 74.8 Å². The molecule has 192 valence electrons. The predicted molar refractivity (Wildman–Crippen MR) is 130 cm³/mol. The molecule has 1 aromatic heterocycles. The maximum absolute atomic E-state index is 14.1. The van der Waals surface area contributed by atoms with Crippen molar-refractivity contribution in [3.63, 3.8) is 0 Å². The number of imidazole rings is 1. The van der Waals surface area contributed by atoms with Crippen LogP contribution >= 0.6 is 23.2 Å². The minimum atomic E-state index is -3.73. The molecule has 4 rings (SSSR count). The highest BCUT2D eigenvalue weighted by Crippen LogP contribution is 2.44. The van der Waals surface area contributed by atoms with Gasteiger partial charge in [-0.25, -0.2) is 22.2 Å². The molecule has 0 bridgehead atoms. The van der Waals surface area contributed by atoms with Crippen molar-refractivity contribution in [1.82, 2.24) is 18.8 Å². The first-order valence-corrected chi connectivity index (χ1v) is 13.7. The first-order valence-electron chi connectivity index (χ1n) is 11.5. The topological polar surface area (TPSA) is 75.5 Å². The van der Waals surface area contributed by atoms with Crippen LogP contribution in [0.3, 0.4) is 0 Å². The number of sulfonamides is 1. The van der Waals surface area contributed by atoms with E-state index in [1.54, 1.807) is 23.7 Å². The normalized spacial score (nSPS) is 21.2. The minimum Gasteiger partial charge on any atom is -0.339 e. The van der Waals surface area contributed by atoms with Crippen molar-refractivity contribution < 1.29 is 22.0 Å². The second-order valence-corrected chi connectivity index (χ2v) is 12.1. The van der Waals surface area contributed by atoms with Gasteiger partial charge in [-0.15, -0.1) is 0 Å². The lowest BCUT2D eigenvalue weighted by Crippen LogP contribution is -2.59. The number of hydrogen-bond donors (Lipinski definition) is 0. The van der Waals surface area contributed by atoms with E-state index in [1.807, 2.05) is 0 Å². The quantitative estimate of drug-likeness (QED) is 0.471. The highest BCUT2D eigenvalue weighted by Gasteiger charge is 2.47. The summed E-state index contributed by atoms with van der Waals surface area (Å²) in [7, 11) is -2.03. The smallest absolute Gasteiger partial charge is 0.262 e. The van der Waals surface area contributed by atoms with Crippen LogP contribution in [0.4, 0.5) is 8.78 Å². The number of benzene rings is 1. The van der Waals surface area contributed by atoms with Crippen LogP contribution in [0, 0.1) is 0 Å². The molecule has 0 spiro atoms. The summed E-state index contributed by atoms with van der Waals surface area (Å²) in [5.41, 5.74) is -0.240. The Morgan fingerprint density at radius 2 is 1.74 bits per heavy atom. The lowest BCUT2D eigenvalue weighted by atomic mass is 9.74. The number of ketones is 1. The SMILES string of the molecule is Cn1cnc(S(=O)(=O)N2CCN(C3(CCC(=O)c4ccc(Cl)cc4Cl)CCC(F)(F)CC3)CC2)c1. The zero-order chi connectivity index (χ0) is 25.4. The maximum Gasteiger partial charge on any atom is 0.262 e. The number of nitrogens with zero attached hydrogens (tertiary/aromatic N) is 4. The summed E-state index contributed by atoms with van der Waals surface area (Å²) < 4.78 is 57.0. The summed E-state index contributed by atoms with van der Waals surface area (Å²) in [4.78, 5) is 19.0. The molecule has 1 aromatic carbocycles. The molecule has 7 nitrogen and oxygen atoms in total. The summed E-state index contributed by atoms with van der Waals surface area (Å²) in [6.45, 7) is 1.25. The van der Waals surface area contributed by atoms with Gasteiger partial charge in [-0.05, 0) is 37.5 Å². The van der Waals surface area contributed by atoms with Gasteiger partial charge in [-0.1, -0.05) is 23.2 Å². The van der Waals surface area contributed by atoms with Crippen molar-refractivity contribution >= 4 is 39.0 Å². The van der Waals surface area contributed by atoms with Gasteiger partial charge in [-0.3, -0.25) is 9.69 Å². The molecular weight excluding hydrogens is 521 g/mol. The second-order valence-electron chi connectivity index (χ2n) is 9.40. The molecule has 1 aliphatic heterocycles. The molecular formula is C23H28Cl2F2N4O3S. The lowest BCUT2D eigenvalue weighted by molar-refractivity contribution is -0.0891. The molecule has 0 amide bonds. The lowest BCUT2D eigenvalue weighted by Gasteiger charge is -2.50. The highest BCUT2D eigenvalue weighted by molar-refractivity contribution is 7.89. The molecule has 12 heteroatoms. The van der Waals surface area contributed by atoms with Crippen molar-refractivity contribution in [2.24, 2.45) is 7.05 Å². The summed E-state index contributed by atoms with van der Waals surface area (Å²) >= 11 is 12.1. The number of rotatable bonds is 7. The van der Waals surface area contributed by atoms with Crippen LogP contribution in [0.15, 0.2) is 35.7 Å². The number of hydrogen-bond acceptors (Lipinski definition) is 5. The maximum atomic E-state index is 14.1. The number of halogens is 4. The van der Waals surface area contributed by atoms with Crippen LogP contribution in [0.5, 0.6) is 0 Å². The number of carbonyl (C=O) groups excluding carboxylic acids is 1. The van der Waals surface area contributed by atoms with E-state index in [2.05, 4.69) is 9.88 Å². The molecule has 1 saturated carbocycles. The molecule has 2 aromatic rings. The number of aromatic nitrogens is 2. The number of carbonyl (C=O) groups is 1. The average Bonchev–Trinajstić information content (AvgIpc) is 3.26. The molecule has 2 fully saturated rings. The first-order chi connectivity index (χ1) is 16.4. The van der Waals surface area contributed by atoms with E-state index in [-0.39, 0.29) is 61.0 Å². The zero-order valence-corrected chi connectivity index (χ0v) is 21.7. The number of aryl methyl sites for hydroxylation is 1. The fourth-order valence-electron chi connectivity index (χ4n) is 5.06. The van der Waals surface area contributed by atoms with E-state index < -0.39 is 21.5 Å². The van der Waals surface area contributed by atoms with Crippen molar-refractivity contribution in [3.05, 3.63) is 46.3 Å². The zero-order valence-electron chi connectivity index (χ0n) is 19.4. The Bertz CT molecular complexity index is 1190. The average molecular weight is 549 g/mol. The van der Waals surface area contributed by atoms with Gasteiger partial charge in [0.2, 0.25) is 5.92 Å². The van der Waals surface area contributed by atoms with Crippen LogP contribution in [0.2, 0.25) is 10.0 Å². The molecule has 1 aliphatic carbocycles. The fourth-order valence-corrected chi connectivity index (χ4v) is 6.96. The monoisotopic (exact) mass is 548 g/mol. The second kappa shape index (κ2) is 10.0. The third kappa shape index (κ3) is 5.72. The molecule has 0 atom stereocenters. The van der Waals surface area contributed by atoms with Gasteiger partial charge in [0.1, 0.15) is 0 Å². The number of Topliss-reactive ketones (excluding diaryl/α,β-unsaturated/α-hetero) is 1. The standard InChI is InChI=1S/C23H28Cl2F2N4O3S/c1-29-15-21(28-16-29)35(33,34)31-12-10-30(11-13-31)22(6-8-23(26,27)9-7-22)5-4-20(32)18-3-2-17(24)14-19(18)25/h2-3,14-16H,4-13H2,1H3. The number of piperazine rings is 1. The Hall–Kier alpha value is -1.59. The molecule has 2 heterocycles. The van der Waals surface area contributed by atoms with Crippen LogP contribution in [-0.4, -0.2) is 70.6 Å². The van der Waals surface area contributed by atoms with Gasteiger partial charge >= 0.3 is 0 Å². The summed E-state index contributed by atoms with van der Waals surface area (Å²) in [6, 6.07) is 4.68. The van der Waals surface area contributed by atoms with E-state index in [9.17, 15) is 22.0 Å². The van der Waals surface area contributed by atoms with Crippen LogP contribution in [-0.2, 0) is 17.1 Å². The van der Waals surface area contributed by atoms with Gasteiger partial charge < -0.3 is 4.57 Å². The Balaban J connectivity index is 1.47. The summed E-state index contributed by atoms with van der Waals surface area (Å²) in [5.74, 6) is -2.89. The molecule has 0 radical (unpaired) electrons. The van der Waals surface area contributed by atoms with Crippen molar-refractivity contribution in [3.8, 4) is 0 Å².